The van der Waals surface area contributed by atoms with Gasteiger partial charge in [0, 0.05) is 19.5 Å². The van der Waals surface area contributed by atoms with Crippen LogP contribution >= 0.6 is 0 Å². The van der Waals surface area contributed by atoms with Crippen LogP contribution in [0.5, 0.6) is 0 Å². The van der Waals surface area contributed by atoms with E-state index in [2.05, 4.69) is 16.0 Å². The molecule has 1 fully saturated rings. The molecule has 24 heavy (non-hydrogen) atoms. The van der Waals surface area contributed by atoms with E-state index in [0.29, 0.717) is 17.1 Å². The van der Waals surface area contributed by atoms with Crippen LogP contribution in [0.2, 0.25) is 0 Å². The van der Waals surface area contributed by atoms with Crippen LogP contribution in [0.25, 0.3) is 0 Å². The molecule has 0 spiro atoms. The Labute approximate surface area is 138 Å². The normalized spacial score (nSPS) is 26.5. The lowest BCUT2D eigenvalue weighted by Crippen LogP contribution is -2.55. The van der Waals surface area contributed by atoms with Crippen LogP contribution in [0, 0.1) is 0 Å². The third-order valence-electron chi connectivity index (χ3n) is 3.45. The van der Waals surface area contributed by atoms with Crippen molar-refractivity contribution in [1.29, 1.82) is 0 Å². The van der Waals surface area contributed by atoms with E-state index in [1.54, 1.807) is 18.2 Å². The molecule has 2 amide bonds. The molecule has 2 rings (SSSR count). The Bertz CT molecular complexity index is 623. The van der Waals surface area contributed by atoms with Crippen molar-refractivity contribution in [3.05, 3.63) is 18.2 Å². The molecule has 132 valence electrons. The molecule has 1 heterocycles. The third-order valence-corrected chi connectivity index (χ3v) is 3.45. The summed E-state index contributed by atoms with van der Waals surface area (Å²) in [5.41, 5.74) is 1.27. The summed E-state index contributed by atoms with van der Waals surface area (Å²) in [4.78, 5) is 22.5. The maximum absolute atomic E-state index is 11.3. The molecule has 1 aliphatic rings. The van der Waals surface area contributed by atoms with Gasteiger partial charge in [-0.3, -0.25) is 9.59 Å². The predicted molar refractivity (Wildman–Crippen MR) is 86.4 cm³/mol. The summed E-state index contributed by atoms with van der Waals surface area (Å²) in [6, 6.07) is 4.74. The average Bonchev–Trinajstić information content (AvgIpc) is 2.49. The Morgan fingerprint density at radius 3 is 2.33 bits per heavy atom. The van der Waals surface area contributed by atoms with Crippen molar-refractivity contribution in [2.45, 2.75) is 38.4 Å². The summed E-state index contributed by atoms with van der Waals surface area (Å²) in [6.45, 7) is 2.55. The first-order chi connectivity index (χ1) is 11.3. The molecule has 0 aromatic heterocycles. The van der Waals surface area contributed by atoms with Crippen LogP contribution < -0.4 is 16.0 Å². The van der Waals surface area contributed by atoms with Gasteiger partial charge in [0.1, 0.15) is 18.3 Å². The number of amides is 2. The molecule has 6 N–H and O–H groups in total. The second kappa shape index (κ2) is 7.58. The molecule has 0 bridgehead atoms. The summed E-state index contributed by atoms with van der Waals surface area (Å²) in [7, 11) is 0. The van der Waals surface area contributed by atoms with E-state index < -0.39 is 24.5 Å². The van der Waals surface area contributed by atoms with E-state index in [1.807, 2.05) is 0 Å². The van der Waals surface area contributed by atoms with Gasteiger partial charge in [-0.2, -0.15) is 0 Å². The smallest absolute Gasteiger partial charge is 0.221 e. The monoisotopic (exact) mass is 339 g/mol. The molecule has 1 saturated heterocycles. The van der Waals surface area contributed by atoms with Gasteiger partial charge in [-0.25, -0.2) is 0 Å². The van der Waals surface area contributed by atoms with E-state index >= 15 is 0 Å². The summed E-state index contributed by atoms with van der Waals surface area (Å²) in [6.07, 6.45) is -4.91. The largest absolute Gasteiger partial charge is 0.388 e. The van der Waals surface area contributed by atoms with Crippen molar-refractivity contribution in [2.24, 2.45) is 0 Å². The minimum absolute atomic E-state index is 0.156. The maximum Gasteiger partial charge on any atom is 0.221 e. The summed E-state index contributed by atoms with van der Waals surface area (Å²) >= 11 is 0. The fraction of sp³-hybridized carbons (Fsp3) is 0.467. The van der Waals surface area contributed by atoms with Gasteiger partial charge in [0.2, 0.25) is 11.8 Å². The number of rotatable bonds is 4. The number of benzene rings is 1. The van der Waals surface area contributed by atoms with Gasteiger partial charge < -0.3 is 36.0 Å². The lowest BCUT2D eigenvalue weighted by Gasteiger charge is -2.36. The molecule has 0 saturated carbocycles. The average molecular weight is 339 g/mol. The highest BCUT2D eigenvalue weighted by atomic mass is 16.5. The number of carbonyl (C=O) groups excluding carboxylic acids is 2. The van der Waals surface area contributed by atoms with E-state index in [0.717, 1.165) is 0 Å². The molecule has 9 nitrogen and oxygen atoms in total. The molecule has 1 aromatic rings. The number of nitrogens with one attached hydrogen (secondary N) is 3. The van der Waals surface area contributed by atoms with Crippen LogP contribution in [0.15, 0.2) is 18.2 Å². The van der Waals surface area contributed by atoms with Crippen molar-refractivity contribution >= 4 is 28.9 Å². The summed E-state index contributed by atoms with van der Waals surface area (Å²) < 4.78 is 5.29. The third kappa shape index (κ3) is 4.42. The Hall–Kier alpha value is -2.20. The van der Waals surface area contributed by atoms with Crippen molar-refractivity contribution < 1.29 is 29.6 Å². The van der Waals surface area contributed by atoms with Gasteiger partial charge >= 0.3 is 0 Å². The molecule has 1 aliphatic heterocycles. The fourth-order valence-corrected chi connectivity index (χ4v) is 2.33. The summed E-state index contributed by atoms with van der Waals surface area (Å²) in [5.74, 6) is -0.563. The van der Waals surface area contributed by atoms with E-state index in [-0.39, 0.29) is 18.4 Å². The zero-order valence-electron chi connectivity index (χ0n) is 13.3. The molecule has 4 atom stereocenters. The molecule has 0 radical (unpaired) electrons. The lowest BCUT2D eigenvalue weighted by molar-refractivity contribution is -0.178. The fourth-order valence-electron chi connectivity index (χ4n) is 2.33. The number of hydrogen-bond donors (Lipinski definition) is 6. The minimum atomic E-state index is -1.37. The quantitative estimate of drug-likeness (QED) is 0.433. The van der Waals surface area contributed by atoms with Crippen molar-refractivity contribution in [3.8, 4) is 0 Å². The van der Waals surface area contributed by atoms with Crippen LogP contribution in [-0.2, 0) is 14.3 Å². The zero-order valence-corrected chi connectivity index (χ0v) is 13.3. The maximum atomic E-state index is 11.3. The second-order valence-electron chi connectivity index (χ2n) is 5.57. The second-order valence-corrected chi connectivity index (χ2v) is 5.57. The molecular weight excluding hydrogens is 318 g/mol. The lowest BCUT2D eigenvalue weighted by atomic mass is 10.0. The Kier molecular flexibility index (Phi) is 5.73. The first-order valence-corrected chi connectivity index (χ1v) is 7.39. The number of carbonyl (C=O) groups is 2. The van der Waals surface area contributed by atoms with Gasteiger partial charge in [0.15, 0.2) is 6.23 Å². The standard InChI is InChI=1S/C15H21N3O6/c1-7(19)16-9-3-4-10(17-8(2)20)11(5-9)18-15-14(23)13(22)12(21)6-24-15/h3-5,12-15,18,21-23H,6H2,1-2H3,(H,16,19)(H,17,20)/t12-,13+,14+,15+/m0/s1. The van der Waals surface area contributed by atoms with E-state index in [1.165, 1.54) is 13.8 Å². The van der Waals surface area contributed by atoms with Gasteiger partial charge in [-0.15, -0.1) is 0 Å². The highest BCUT2D eigenvalue weighted by Gasteiger charge is 2.37. The van der Waals surface area contributed by atoms with Gasteiger partial charge in [-0.1, -0.05) is 0 Å². The van der Waals surface area contributed by atoms with Crippen LogP contribution in [0.4, 0.5) is 17.1 Å². The first kappa shape index (κ1) is 18.1. The molecule has 9 heteroatoms. The van der Waals surface area contributed by atoms with Gasteiger partial charge in [-0.05, 0) is 18.2 Å². The van der Waals surface area contributed by atoms with Gasteiger partial charge in [0.05, 0.1) is 18.0 Å². The number of aliphatic hydroxyl groups is 3. The number of hydrogen-bond acceptors (Lipinski definition) is 7. The van der Waals surface area contributed by atoms with Crippen molar-refractivity contribution in [2.75, 3.05) is 22.6 Å². The van der Waals surface area contributed by atoms with Crippen LogP contribution in [0.1, 0.15) is 13.8 Å². The van der Waals surface area contributed by atoms with Crippen LogP contribution in [-0.4, -0.2) is 58.3 Å². The van der Waals surface area contributed by atoms with Crippen LogP contribution in [0.3, 0.4) is 0 Å². The molecule has 0 unspecified atom stereocenters. The highest BCUT2D eigenvalue weighted by Crippen LogP contribution is 2.28. The van der Waals surface area contributed by atoms with E-state index in [4.69, 9.17) is 4.74 Å². The van der Waals surface area contributed by atoms with Gasteiger partial charge in [0.25, 0.3) is 0 Å². The highest BCUT2D eigenvalue weighted by molar-refractivity contribution is 5.95. The zero-order chi connectivity index (χ0) is 17.9. The van der Waals surface area contributed by atoms with E-state index in [9.17, 15) is 24.9 Å². The topological polar surface area (TPSA) is 140 Å². The SMILES string of the molecule is CC(=O)Nc1ccc(NC(C)=O)c(N[C@@H]2OC[C@H](O)[C@@H](O)[C@H]2O)c1. The summed E-state index contributed by atoms with van der Waals surface area (Å²) in [5, 5.41) is 37.3. The Morgan fingerprint density at radius 2 is 1.71 bits per heavy atom. The number of aliphatic hydroxyl groups excluding tert-OH is 3. The first-order valence-electron chi connectivity index (χ1n) is 7.39. The van der Waals surface area contributed by atoms with Crippen molar-refractivity contribution in [3.63, 3.8) is 0 Å². The number of anilines is 3. The minimum Gasteiger partial charge on any atom is -0.388 e. The molecule has 1 aromatic carbocycles. The molecule has 0 aliphatic carbocycles. The Morgan fingerprint density at radius 1 is 1.04 bits per heavy atom. The Balaban J connectivity index is 2.24. The number of ether oxygens (including phenoxy) is 1. The molecular formula is C15H21N3O6. The van der Waals surface area contributed by atoms with Crippen molar-refractivity contribution in [1.82, 2.24) is 0 Å². The predicted octanol–water partition coefficient (Wildman–Crippen LogP) is -0.546.